The molecule has 0 aliphatic carbocycles. The van der Waals surface area contributed by atoms with Gasteiger partial charge in [-0.2, -0.15) is 0 Å². The molecule has 8 rings (SSSR count). The molecule has 0 atom stereocenters. The van der Waals surface area contributed by atoms with Crippen molar-refractivity contribution in [3.05, 3.63) is 261 Å². The van der Waals surface area contributed by atoms with Gasteiger partial charge in [0.2, 0.25) is 0 Å². The molecule has 0 saturated carbocycles. The van der Waals surface area contributed by atoms with Gasteiger partial charge in [-0.3, -0.25) is 0 Å². The molecule has 0 radical (unpaired) electrons. The van der Waals surface area contributed by atoms with E-state index in [0.717, 1.165) is 77.6 Å². The average Bonchev–Trinajstić information content (AvgIpc) is 3.25. The van der Waals surface area contributed by atoms with E-state index >= 15 is 0 Å². The molecule has 58 heavy (non-hydrogen) atoms. The van der Waals surface area contributed by atoms with Crippen LogP contribution in [0.25, 0.3) is 58.4 Å². The second-order valence-corrected chi connectivity index (χ2v) is 13.9. The largest absolute Gasteiger partial charge is 0.207 e. The van der Waals surface area contributed by atoms with Gasteiger partial charge in [-0.05, 0) is 150 Å². The summed E-state index contributed by atoms with van der Waals surface area (Å²) in [5.74, 6) is -1.31. The van der Waals surface area contributed by atoms with Crippen molar-refractivity contribution >= 4 is 58.4 Å². The molecule has 0 amide bonds. The van der Waals surface area contributed by atoms with E-state index in [1.165, 1.54) is 48.5 Å². The molecular weight excluding hydrogens is 725 g/mol. The topological polar surface area (TPSA) is 0 Å². The van der Waals surface area contributed by atoms with Crippen LogP contribution in [0.15, 0.2) is 182 Å². The van der Waals surface area contributed by atoms with E-state index in [1.54, 1.807) is 48.5 Å². The maximum absolute atomic E-state index is 14.0. The highest BCUT2D eigenvalue weighted by Gasteiger charge is 2.11. The van der Waals surface area contributed by atoms with E-state index < -0.39 is 0 Å². The molecule has 280 valence electrons. The Bertz CT molecular complexity index is 2530. The summed E-state index contributed by atoms with van der Waals surface area (Å²) < 4.78 is 55.8. The van der Waals surface area contributed by atoms with Crippen molar-refractivity contribution in [1.29, 1.82) is 0 Å². The van der Waals surface area contributed by atoms with Crippen LogP contribution in [0.1, 0.15) is 55.6 Å². The zero-order valence-corrected chi connectivity index (χ0v) is 31.3. The number of hydrogen-bond acceptors (Lipinski definition) is 0. The van der Waals surface area contributed by atoms with Gasteiger partial charge in [0.15, 0.2) is 0 Å². The first-order valence-electron chi connectivity index (χ1n) is 18.9. The Kier molecular flexibility index (Phi) is 11.2. The van der Waals surface area contributed by atoms with Crippen molar-refractivity contribution in [2.45, 2.75) is 0 Å². The van der Waals surface area contributed by atoms with Crippen LogP contribution >= 0.6 is 0 Å². The van der Waals surface area contributed by atoms with Crippen molar-refractivity contribution < 1.29 is 17.6 Å². The highest BCUT2D eigenvalue weighted by molar-refractivity contribution is 5.96. The summed E-state index contributed by atoms with van der Waals surface area (Å²) in [5, 5.41) is 2.21. The first-order valence-corrected chi connectivity index (χ1v) is 18.9. The fourth-order valence-corrected chi connectivity index (χ4v) is 7.01. The monoisotopic (exact) mass is 760 g/mol. The number of rotatable bonds is 10. The summed E-state index contributed by atoms with van der Waals surface area (Å²) >= 11 is 0. The maximum atomic E-state index is 14.0. The Morgan fingerprint density at radius 3 is 0.845 bits per heavy atom. The molecule has 0 spiro atoms. The van der Waals surface area contributed by atoms with E-state index in [1.807, 2.05) is 60.7 Å². The third-order valence-electron chi connectivity index (χ3n) is 10.0. The Morgan fingerprint density at radius 2 is 0.534 bits per heavy atom. The van der Waals surface area contributed by atoms with E-state index in [2.05, 4.69) is 60.7 Å². The standard InChI is InChI=1S/C54H36F4/c55-49-25-17-39(18-26-49)53(40-19-27-50(56)28-20-40)35-45-11-3-1-7-37(45)13-15-47-33-43-9-5-6-10-44(43)34-48(47)16-14-38-8-2-4-12-46(38)36-54(41-21-29-51(57)30-22-41)42-23-31-52(58)32-24-42/h1-36H. The lowest BCUT2D eigenvalue weighted by atomic mass is 9.93. The molecule has 8 aromatic carbocycles. The quantitative estimate of drug-likeness (QED) is 0.0962. The van der Waals surface area contributed by atoms with Crippen molar-refractivity contribution in [2.24, 2.45) is 0 Å². The van der Waals surface area contributed by atoms with Crippen molar-refractivity contribution in [1.82, 2.24) is 0 Å². The predicted molar refractivity (Wildman–Crippen MR) is 234 cm³/mol. The Labute approximate surface area is 335 Å². The Morgan fingerprint density at radius 1 is 0.276 bits per heavy atom. The normalized spacial score (nSPS) is 11.3. The van der Waals surface area contributed by atoms with Crippen molar-refractivity contribution in [2.75, 3.05) is 0 Å². The number of fused-ring (bicyclic) bond motifs is 1. The van der Waals surface area contributed by atoms with Gasteiger partial charge in [-0.25, -0.2) is 17.6 Å². The fourth-order valence-electron chi connectivity index (χ4n) is 7.01. The molecule has 0 saturated heterocycles. The zero-order valence-electron chi connectivity index (χ0n) is 31.3. The summed E-state index contributed by atoms with van der Waals surface area (Å²) in [4.78, 5) is 0. The van der Waals surface area contributed by atoms with Gasteiger partial charge < -0.3 is 0 Å². The highest BCUT2D eigenvalue weighted by atomic mass is 19.1. The summed E-state index contributed by atoms with van der Waals surface area (Å²) in [6.45, 7) is 0. The van der Waals surface area contributed by atoms with Gasteiger partial charge in [0.1, 0.15) is 23.3 Å². The van der Waals surface area contributed by atoms with E-state index in [-0.39, 0.29) is 23.3 Å². The van der Waals surface area contributed by atoms with Crippen LogP contribution in [0.2, 0.25) is 0 Å². The number of benzene rings is 8. The molecule has 8 aromatic rings. The lowest BCUT2D eigenvalue weighted by Gasteiger charge is -2.11. The maximum Gasteiger partial charge on any atom is 0.123 e. The van der Waals surface area contributed by atoms with E-state index in [0.29, 0.717) is 0 Å². The molecule has 0 aliphatic heterocycles. The van der Waals surface area contributed by atoms with Crippen LogP contribution in [-0.2, 0) is 0 Å². The molecule has 0 fully saturated rings. The predicted octanol–water partition coefficient (Wildman–Crippen LogP) is 14.9. The van der Waals surface area contributed by atoms with E-state index in [4.69, 9.17) is 0 Å². The third kappa shape index (κ3) is 8.88. The summed E-state index contributed by atoms with van der Waals surface area (Å²) in [6, 6.07) is 54.0. The fraction of sp³-hybridized carbons (Fsp3) is 0. The van der Waals surface area contributed by atoms with E-state index in [9.17, 15) is 17.6 Å². The second kappa shape index (κ2) is 17.2. The van der Waals surface area contributed by atoms with Crippen LogP contribution in [0, 0.1) is 23.3 Å². The van der Waals surface area contributed by atoms with Gasteiger partial charge in [-0.1, -0.05) is 146 Å². The van der Waals surface area contributed by atoms with Gasteiger partial charge >= 0.3 is 0 Å². The molecular formula is C54H36F4. The second-order valence-electron chi connectivity index (χ2n) is 13.9. The van der Waals surface area contributed by atoms with Gasteiger partial charge in [0.25, 0.3) is 0 Å². The van der Waals surface area contributed by atoms with Gasteiger partial charge in [0, 0.05) is 0 Å². The van der Waals surface area contributed by atoms with Gasteiger partial charge in [0.05, 0.1) is 0 Å². The van der Waals surface area contributed by atoms with Crippen molar-refractivity contribution in [3.63, 3.8) is 0 Å². The molecule has 0 aromatic heterocycles. The van der Waals surface area contributed by atoms with Crippen LogP contribution in [-0.4, -0.2) is 0 Å². The minimum Gasteiger partial charge on any atom is -0.207 e. The first kappa shape index (κ1) is 37.6. The molecule has 4 heteroatoms. The SMILES string of the molecule is Fc1ccc(C(=Cc2ccccc2C=Cc2cc3ccccc3cc2C=Cc2ccccc2C=C(c2ccc(F)cc2)c2ccc(F)cc2)c2ccc(F)cc2)cc1. The van der Waals surface area contributed by atoms with Crippen LogP contribution in [0.5, 0.6) is 0 Å². The minimum atomic E-state index is -0.328. The minimum absolute atomic E-state index is 0.328. The lowest BCUT2D eigenvalue weighted by Crippen LogP contribution is -1.91. The van der Waals surface area contributed by atoms with Crippen LogP contribution < -0.4 is 0 Å². The zero-order chi connectivity index (χ0) is 39.8. The molecule has 0 bridgehead atoms. The number of halogens is 4. The molecule has 0 heterocycles. The first-order chi connectivity index (χ1) is 28.4. The highest BCUT2D eigenvalue weighted by Crippen LogP contribution is 2.31. The third-order valence-corrected chi connectivity index (χ3v) is 10.0. The summed E-state index contributed by atoms with van der Waals surface area (Å²) in [6.07, 6.45) is 12.5. The smallest absolute Gasteiger partial charge is 0.123 e. The molecule has 0 nitrogen and oxygen atoms in total. The Hall–Kier alpha value is -7.30. The van der Waals surface area contributed by atoms with Gasteiger partial charge in [-0.15, -0.1) is 0 Å². The van der Waals surface area contributed by atoms with Crippen molar-refractivity contribution in [3.8, 4) is 0 Å². The van der Waals surface area contributed by atoms with Crippen LogP contribution in [0.4, 0.5) is 17.6 Å². The average molecular weight is 761 g/mol. The Balaban J connectivity index is 1.19. The molecule has 0 aliphatic rings. The molecule has 0 unspecified atom stereocenters. The summed E-state index contributed by atoms with van der Waals surface area (Å²) in [7, 11) is 0. The molecule has 0 N–H and O–H groups in total. The van der Waals surface area contributed by atoms with Crippen LogP contribution in [0.3, 0.4) is 0 Å². The summed E-state index contributed by atoms with van der Waals surface area (Å²) in [5.41, 5.74) is 10.8. The number of hydrogen-bond donors (Lipinski definition) is 0. The lowest BCUT2D eigenvalue weighted by molar-refractivity contribution is 0.627.